The molecule has 96 valence electrons. The standard InChI is InChI=1S/C15H21N3/c1-12-7-5-6-8-14(12)18-10-9-13(17-18)11-16-15(2,3)4/h5-10,16H,11H2,1-4H3. The predicted molar refractivity (Wildman–Crippen MR) is 74.9 cm³/mol. The van der Waals surface area contributed by atoms with Crippen molar-refractivity contribution >= 4 is 0 Å². The minimum Gasteiger partial charge on any atom is -0.306 e. The highest BCUT2D eigenvalue weighted by molar-refractivity contribution is 5.39. The van der Waals surface area contributed by atoms with Crippen molar-refractivity contribution in [1.82, 2.24) is 15.1 Å². The molecule has 0 aliphatic heterocycles. The Morgan fingerprint density at radius 2 is 1.89 bits per heavy atom. The molecule has 3 nitrogen and oxygen atoms in total. The van der Waals surface area contributed by atoms with Gasteiger partial charge in [-0.1, -0.05) is 18.2 Å². The number of nitrogens with one attached hydrogen (secondary N) is 1. The molecule has 0 atom stereocenters. The van der Waals surface area contributed by atoms with Crippen molar-refractivity contribution in [2.24, 2.45) is 0 Å². The van der Waals surface area contributed by atoms with Crippen LogP contribution in [0.5, 0.6) is 0 Å². The van der Waals surface area contributed by atoms with Gasteiger partial charge in [0.25, 0.3) is 0 Å². The van der Waals surface area contributed by atoms with Crippen LogP contribution in [0, 0.1) is 6.92 Å². The molecule has 0 amide bonds. The molecule has 0 radical (unpaired) electrons. The molecule has 0 saturated carbocycles. The Balaban J connectivity index is 2.14. The van der Waals surface area contributed by atoms with Crippen LogP contribution in [0.25, 0.3) is 5.69 Å². The number of para-hydroxylation sites is 1. The molecule has 0 bridgehead atoms. The Labute approximate surface area is 109 Å². The molecule has 1 N–H and O–H groups in total. The van der Waals surface area contributed by atoms with Crippen molar-refractivity contribution in [3.63, 3.8) is 0 Å². The number of hydrogen-bond acceptors (Lipinski definition) is 2. The highest BCUT2D eigenvalue weighted by atomic mass is 15.3. The first kappa shape index (κ1) is 12.8. The molecule has 1 aromatic carbocycles. The summed E-state index contributed by atoms with van der Waals surface area (Å²) < 4.78 is 1.94. The molecule has 18 heavy (non-hydrogen) atoms. The van der Waals surface area contributed by atoms with E-state index in [1.165, 1.54) is 5.56 Å². The fourth-order valence-corrected chi connectivity index (χ4v) is 1.77. The van der Waals surface area contributed by atoms with Gasteiger partial charge in [0.1, 0.15) is 0 Å². The smallest absolute Gasteiger partial charge is 0.0767 e. The van der Waals surface area contributed by atoms with Crippen LogP contribution in [0.15, 0.2) is 36.5 Å². The van der Waals surface area contributed by atoms with Crippen LogP contribution in [0.2, 0.25) is 0 Å². The Kier molecular flexibility index (Phi) is 3.53. The summed E-state index contributed by atoms with van der Waals surface area (Å²) in [6, 6.07) is 10.3. The average molecular weight is 243 g/mol. The van der Waals surface area contributed by atoms with Gasteiger partial charge < -0.3 is 5.32 Å². The minimum atomic E-state index is 0.118. The van der Waals surface area contributed by atoms with E-state index in [1.807, 2.05) is 23.0 Å². The lowest BCUT2D eigenvalue weighted by atomic mass is 10.1. The minimum absolute atomic E-state index is 0.118. The number of benzene rings is 1. The Hall–Kier alpha value is -1.61. The summed E-state index contributed by atoms with van der Waals surface area (Å²) in [5.41, 5.74) is 3.55. The first-order chi connectivity index (χ1) is 8.46. The number of nitrogens with zero attached hydrogens (tertiary/aromatic N) is 2. The van der Waals surface area contributed by atoms with Crippen molar-refractivity contribution in [3.05, 3.63) is 47.8 Å². The van der Waals surface area contributed by atoms with Crippen LogP contribution in [0.1, 0.15) is 32.0 Å². The zero-order valence-corrected chi connectivity index (χ0v) is 11.6. The Bertz CT molecular complexity index is 521. The largest absolute Gasteiger partial charge is 0.306 e. The van der Waals surface area contributed by atoms with Gasteiger partial charge in [-0.15, -0.1) is 0 Å². The zero-order valence-electron chi connectivity index (χ0n) is 11.6. The zero-order chi connectivity index (χ0) is 13.2. The first-order valence-electron chi connectivity index (χ1n) is 6.31. The Morgan fingerprint density at radius 1 is 1.17 bits per heavy atom. The highest BCUT2D eigenvalue weighted by Gasteiger charge is 2.10. The van der Waals surface area contributed by atoms with Gasteiger partial charge in [0.15, 0.2) is 0 Å². The molecule has 0 fully saturated rings. The van der Waals surface area contributed by atoms with E-state index < -0.39 is 0 Å². The van der Waals surface area contributed by atoms with Crippen molar-refractivity contribution in [2.45, 2.75) is 39.8 Å². The molecule has 3 heteroatoms. The van der Waals surface area contributed by atoms with Gasteiger partial charge in [-0.25, -0.2) is 4.68 Å². The van der Waals surface area contributed by atoms with E-state index in [0.29, 0.717) is 0 Å². The van der Waals surface area contributed by atoms with Crippen molar-refractivity contribution in [2.75, 3.05) is 0 Å². The summed E-state index contributed by atoms with van der Waals surface area (Å²) in [5, 5.41) is 8.04. The third-order valence-corrected chi connectivity index (χ3v) is 2.81. The van der Waals surface area contributed by atoms with Crippen molar-refractivity contribution < 1.29 is 0 Å². The van der Waals surface area contributed by atoms with Crippen molar-refractivity contribution in [3.8, 4) is 5.69 Å². The second-order valence-electron chi connectivity index (χ2n) is 5.64. The molecule has 0 spiro atoms. The fraction of sp³-hybridized carbons (Fsp3) is 0.400. The lowest BCUT2D eigenvalue weighted by Gasteiger charge is -2.19. The maximum Gasteiger partial charge on any atom is 0.0767 e. The van der Waals surface area contributed by atoms with Crippen molar-refractivity contribution in [1.29, 1.82) is 0 Å². The first-order valence-corrected chi connectivity index (χ1v) is 6.31. The predicted octanol–water partition coefficient (Wildman–Crippen LogP) is 3.07. The third-order valence-electron chi connectivity index (χ3n) is 2.81. The van der Waals surface area contributed by atoms with Crippen LogP contribution >= 0.6 is 0 Å². The lowest BCUT2D eigenvalue weighted by molar-refractivity contribution is 0.420. The summed E-state index contributed by atoms with van der Waals surface area (Å²) in [5.74, 6) is 0. The molecular formula is C15H21N3. The molecule has 0 saturated heterocycles. The van der Waals surface area contributed by atoms with Gasteiger partial charge in [0.2, 0.25) is 0 Å². The Morgan fingerprint density at radius 3 is 2.56 bits per heavy atom. The normalized spacial score (nSPS) is 11.8. The molecular weight excluding hydrogens is 222 g/mol. The fourth-order valence-electron chi connectivity index (χ4n) is 1.77. The lowest BCUT2D eigenvalue weighted by Crippen LogP contribution is -2.35. The summed E-state index contributed by atoms with van der Waals surface area (Å²) >= 11 is 0. The monoisotopic (exact) mass is 243 g/mol. The summed E-state index contributed by atoms with van der Waals surface area (Å²) in [6.07, 6.45) is 2.02. The maximum absolute atomic E-state index is 4.60. The van der Waals surface area contributed by atoms with E-state index in [-0.39, 0.29) is 5.54 Å². The van der Waals surface area contributed by atoms with Gasteiger partial charge in [-0.2, -0.15) is 5.10 Å². The number of hydrogen-bond donors (Lipinski definition) is 1. The van der Waals surface area contributed by atoms with Crippen LogP contribution in [0.4, 0.5) is 0 Å². The van der Waals surface area contributed by atoms with Crippen LogP contribution in [0.3, 0.4) is 0 Å². The second kappa shape index (κ2) is 4.94. The summed E-state index contributed by atoms with van der Waals surface area (Å²) in [4.78, 5) is 0. The number of aromatic nitrogens is 2. The number of aryl methyl sites for hydroxylation is 1. The SMILES string of the molecule is Cc1ccccc1-n1ccc(CNC(C)(C)C)n1. The van der Waals surface area contributed by atoms with Gasteiger partial charge in [-0.3, -0.25) is 0 Å². The summed E-state index contributed by atoms with van der Waals surface area (Å²) in [7, 11) is 0. The quantitative estimate of drug-likeness (QED) is 0.898. The van der Waals surface area contributed by atoms with E-state index in [0.717, 1.165) is 17.9 Å². The average Bonchev–Trinajstić information content (AvgIpc) is 2.75. The molecule has 0 aliphatic rings. The highest BCUT2D eigenvalue weighted by Crippen LogP contribution is 2.13. The van der Waals surface area contributed by atoms with Gasteiger partial charge in [0, 0.05) is 18.3 Å². The van der Waals surface area contributed by atoms with Crippen LogP contribution < -0.4 is 5.32 Å². The van der Waals surface area contributed by atoms with Crippen LogP contribution in [-0.4, -0.2) is 15.3 Å². The molecule has 2 rings (SSSR count). The molecule has 1 heterocycles. The van der Waals surface area contributed by atoms with Crippen LogP contribution in [-0.2, 0) is 6.54 Å². The van der Waals surface area contributed by atoms with E-state index >= 15 is 0 Å². The van der Waals surface area contributed by atoms with E-state index in [4.69, 9.17) is 0 Å². The van der Waals surface area contributed by atoms with Gasteiger partial charge in [-0.05, 0) is 45.4 Å². The third kappa shape index (κ3) is 3.20. The van der Waals surface area contributed by atoms with E-state index in [2.05, 4.69) is 56.3 Å². The summed E-state index contributed by atoms with van der Waals surface area (Å²) in [6.45, 7) is 9.37. The topological polar surface area (TPSA) is 29.9 Å². The maximum atomic E-state index is 4.60. The van der Waals surface area contributed by atoms with E-state index in [1.54, 1.807) is 0 Å². The van der Waals surface area contributed by atoms with Gasteiger partial charge in [0.05, 0.1) is 11.4 Å². The van der Waals surface area contributed by atoms with Gasteiger partial charge >= 0.3 is 0 Å². The molecule has 1 aromatic heterocycles. The number of rotatable bonds is 3. The molecule has 2 aromatic rings. The second-order valence-corrected chi connectivity index (χ2v) is 5.64. The van der Waals surface area contributed by atoms with E-state index in [9.17, 15) is 0 Å². The molecule has 0 unspecified atom stereocenters. The molecule has 0 aliphatic carbocycles.